The Balaban J connectivity index is 0.000000375. The van der Waals surface area contributed by atoms with Gasteiger partial charge in [0.25, 0.3) is 0 Å². The number of phenolic OH excluding ortho intramolecular Hbond substituents is 1. The third-order valence-electron chi connectivity index (χ3n) is 4.39. The molecule has 0 bridgehead atoms. The second-order valence-corrected chi connectivity index (χ2v) is 6.71. The quantitative estimate of drug-likeness (QED) is 0.262. The molecule has 0 amide bonds. The van der Waals surface area contributed by atoms with E-state index in [-0.39, 0.29) is 23.5 Å². The molecule has 0 spiro atoms. The molecule has 2 rings (SSSR count). The maximum absolute atomic E-state index is 12.0. The Hall–Kier alpha value is -2.58. The summed E-state index contributed by atoms with van der Waals surface area (Å²) < 4.78 is 10.6. The molecule has 0 heterocycles. The normalized spacial score (nSPS) is 15.5. The van der Waals surface area contributed by atoms with Gasteiger partial charge in [0.1, 0.15) is 17.4 Å². The predicted octanol–water partition coefficient (Wildman–Crippen LogP) is 4.23. The van der Waals surface area contributed by atoms with Crippen molar-refractivity contribution in [1.82, 2.24) is 0 Å². The Kier molecular flexibility index (Phi) is 12.2. The number of phenols is 1. The fraction of sp³-hybridized carbons (Fsp3) is 0.545. The third kappa shape index (κ3) is 9.76. The Labute approximate surface area is 177 Å². The molecular formula is C22H32O8. The molecule has 30 heavy (non-hydrogen) atoms. The van der Waals surface area contributed by atoms with Crippen LogP contribution in [0.2, 0.25) is 0 Å². The summed E-state index contributed by atoms with van der Waals surface area (Å²) in [7, 11) is 0. The molecule has 2 N–H and O–H groups in total. The van der Waals surface area contributed by atoms with Crippen molar-refractivity contribution in [3.63, 3.8) is 0 Å². The van der Waals surface area contributed by atoms with Crippen molar-refractivity contribution in [3.05, 3.63) is 41.7 Å². The number of aromatic hydroxyl groups is 1. The average Bonchev–Trinajstić information content (AvgIpc) is 2.74. The number of rotatable bonds is 9. The van der Waals surface area contributed by atoms with Gasteiger partial charge in [0, 0.05) is 6.61 Å². The van der Waals surface area contributed by atoms with Crippen LogP contribution in [0.15, 0.2) is 36.1 Å². The largest absolute Gasteiger partial charge is 0.508 e. The zero-order valence-electron chi connectivity index (χ0n) is 17.8. The molecule has 0 aliphatic heterocycles. The van der Waals surface area contributed by atoms with Crippen molar-refractivity contribution in [1.29, 1.82) is 0 Å². The number of hydrogen-bond donors (Lipinski definition) is 2. The lowest BCUT2D eigenvalue weighted by atomic mass is 9.98. The maximum atomic E-state index is 12.0. The van der Waals surface area contributed by atoms with Crippen molar-refractivity contribution in [2.24, 2.45) is 0 Å². The van der Waals surface area contributed by atoms with Gasteiger partial charge < -0.3 is 19.7 Å². The minimum absolute atomic E-state index is 0.0171. The Morgan fingerprint density at radius 3 is 2.27 bits per heavy atom. The Morgan fingerprint density at radius 1 is 1.10 bits per heavy atom. The molecule has 1 fully saturated rings. The Bertz CT molecular complexity index is 662. The van der Waals surface area contributed by atoms with Gasteiger partial charge in [-0.05, 0) is 57.9 Å². The molecule has 1 unspecified atom stereocenters. The highest BCUT2D eigenvalue weighted by Gasteiger charge is 2.23. The first-order valence-corrected chi connectivity index (χ1v) is 10.2. The van der Waals surface area contributed by atoms with Crippen molar-refractivity contribution in [3.8, 4) is 5.75 Å². The number of hydrogen-bond acceptors (Lipinski definition) is 7. The molecule has 1 aliphatic rings. The molecule has 0 radical (unpaired) electrons. The summed E-state index contributed by atoms with van der Waals surface area (Å²) in [6.07, 6.45) is 6.39. The molecule has 8 heteroatoms. The van der Waals surface area contributed by atoms with Gasteiger partial charge in [-0.2, -0.15) is 4.89 Å². The summed E-state index contributed by atoms with van der Waals surface area (Å²) in [5, 5.41) is 17.1. The van der Waals surface area contributed by atoms with Crippen LogP contribution in [0.25, 0.3) is 0 Å². The first-order chi connectivity index (χ1) is 14.4. The van der Waals surface area contributed by atoms with E-state index in [2.05, 4.69) is 0 Å². The van der Waals surface area contributed by atoms with Crippen LogP contribution in [-0.2, 0) is 24.0 Å². The number of carbonyl (C=O) groups excluding carboxylic acids is 1. The summed E-state index contributed by atoms with van der Waals surface area (Å²) in [6.45, 7) is 6.51. The van der Waals surface area contributed by atoms with Crippen LogP contribution in [0.5, 0.6) is 5.75 Å². The fourth-order valence-electron chi connectivity index (χ4n) is 2.75. The van der Waals surface area contributed by atoms with Gasteiger partial charge in [0.15, 0.2) is 0 Å². The molecule has 1 aliphatic carbocycles. The second-order valence-electron chi connectivity index (χ2n) is 6.71. The van der Waals surface area contributed by atoms with Crippen LogP contribution in [0.1, 0.15) is 63.2 Å². The SMILES string of the molecule is CCOC=C(C(=O)OOC1CCCCC1)C(C)OCC.O=C(O)c1ccc(O)cc1. The van der Waals surface area contributed by atoms with E-state index < -0.39 is 11.9 Å². The van der Waals surface area contributed by atoms with Crippen molar-refractivity contribution >= 4 is 11.9 Å². The van der Waals surface area contributed by atoms with Gasteiger partial charge in [-0.3, -0.25) is 4.89 Å². The summed E-state index contributed by atoms with van der Waals surface area (Å²) in [4.78, 5) is 32.4. The Morgan fingerprint density at radius 2 is 1.73 bits per heavy atom. The molecule has 1 atom stereocenters. The highest BCUT2D eigenvalue weighted by Crippen LogP contribution is 2.21. The van der Waals surface area contributed by atoms with E-state index in [4.69, 9.17) is 29.5 Å². The third-order valence-corrected chi connectivity index (χ3v) is 4.39. The molecule has 0 saturated heterocycles. The lowest BCUT2D eigenvalue weighted by Crippen LogP contribution is -2.24. The average molecular weight is 424 g/mol. The fourth-order valence-corrected chi connectivity index (χ4v) is 2.75. The molecular weight excluding hydrogens is 392 g/mol. The monoisotopic (exact) mass is 424 g/mol. The number of carboxylic acid groups (broad SMARTS) is 1. The predicted molar refractivity (Wildman–Crippen MR) is 110 cm³/mol. The number of carbonyl (C=O) groups is 2. The molecule has 168 valence electrons. The molecule has 1 saturated carbocycles. The molecule has 8 nitrogen and oxygen atoms in total. The van der Waals surface area contributed by atoms with E-state index in [0.29, 0.717) is 18.8 Å². The van der Waals surface area contributed by atoms with E-state index in [0.717, 1.165) is 25.7 Å². The highest BCUT2D eigenvalue weighted by atomic mass is 17.2. The minimum atomic E-state index is -0.986. The van der Waals surface area contributed by atoms with Crippen molar-refractivity contribution in [2.45, 2.75) is 65.1 Å². The van der Waals surface area contributed by atoms with Gasteiger partial charge in [-0.15, -0.1) is 0 Å². The zero-order valence-corrected chi connectivity index (χ0v) is 17.8. The second kappa shape index (κ2) is 14.4. The standard InChI is InChI=1S/C15H26O5.C7H6O3/c1-4-17-11-14(12(3)18-5-2)15(16)20-19-13-9-7-6-8-10-13;8-6-3-1-5(2-4-6)7(9)10/h11-13H,4-10H2,1-3H3;1-4,8H,(H,9,10). The van der Waals surface area contributed by atoms with Crippen molar-refractivity contribution in [2.75, 3.05) is 13.2 Å². The number of carboxylic acids is 1. The van der Waals surface area contributed by atoms with Gasteiger partial charge in [0.2, 0.25) is 0 Å². The van der Waals surface area contributed by atoms with Gasteiger partial charge in [-0.1, -0.05) is 19.3 Å². The van der Waals surface area contributed by atoms with Crippen LogP contribution < -0.4 is 0 Å². The van der Waals surface area contributed by atoms with Gasteiger partial charge >= 0.3 is 11.9 Å². The zero-order chi connectivity index (χ0) is 22.4. The topological polar surface area (TPSA) is 112 Å². The van der Waals surface area contributed by atoms with Crippen molar-refractivity contribution < 1.29 is 39.1 Å². The van der Waals surface area contributed by atoms with Crippen LogP contribution in [0.3, 0.4) is 0 Å². The summed E-state index contributed by atoms with van der Waals surface area (Å²) >= 11 is 0. The van der Waals surface area contributed by atoms with E-state index >= 15 is 0 Å². The number of aromatic carboxylic acids is 1. The smallest absolute Gasteiger partial charge is 0.374 e. The number of benzene rings is 1. The van der Waals surface area contributed by atoms with Crippen LogP contribution >= 0.6 is 0 Å². The van der Waals surface area contributed by atoms with E-state index in [9.17, 15) is 9.59 Å². The lowest BCUT2D eigenvalue weighted by Gasteiger charge is -2.21. The van der Waals surface area contributed by atoms with E-state index in [1.807, 2.05) is 13.8 Å². The van der Waals surface area contributed by atoms with Crippen LogP contribution in [0.4, 0.5) is 0 Å². The summed E-state index contributed by atoms with van der Waals surface area (Å²) in [6, 6.07) is 5.36. The van der Waals surface area contributed by atoms with Crippen LogP contribution in [-0.4, -0.2) is 47.6 Å². The van der Waals surface area contributed by atoms with E-state index in [1.54, 1.807) is 6.92 Å². The number of ether oxygens (including phenoxy) is 2. The minimum Gasteiger partial charge on any atom is -0.508 e. The molecule has 1 aromatic carbocycles. The maximum Gasteiger partial charge on any atom is 0.374 e. The summed E-state index contributed by atoms with van der Waals surface area (Å²) in [5.41, 5.74) is 0.516. The first kappa shape index (κ1) is 25.5. The molecule has 0 aromatic heterocycles. The molecule has 1 aromatic rings. The van der Waals surface area contributed by atoms with Gasteiger partial charge in [0.05, 0.1) is 24.5 Å². The highest BCUT2D eigenvalue weighted by molar-refractivity contribution is 5.88. The van der Waals surface area contributed by atoms with Crippen LogP contribution in [0, 0.1) is 0 Å². The first-order valence-electron chi connectivity index (χ1n) is 10.2. The van der Waals surface area contributed by atoms with E-state index in [1.165, 1.54) is 36.9 Å². The lowest BCUT2D eigenvalue weighted by molar-refractivity contribution is -0.299. The van der Waals surface area contributed by atoms with Gasteiger partial charge in [-0.25, -0.2) is 9.59 Å². The summed E-state index contributed by atoms with van der Waals surface area (Å²) in [5.74, 6) is -1.45.